The first-order chi connectivity index (χ1) is 7.61. The lowest BCUT2D eigenvalue weighted by atomic mass is 10.1. The Bertz CT molecular complexity index is 402. The summed E-state index contributed by atoms with van der Waals surface area (Å²) in [5, 5.41) is 9.10. The van der Waals surface area contributed by atoms with Crippen LogP contribution in [0.2, 0.25) is 0 Å². The molecule has 1 heterocycles. The number of aromatic nitrogens is 1. The number of nitrogens with zero attached hydrogens (tertiary/aromatic N) is 2. The van der Waals surface area contributed by atoms with Gasteiger partial charge in [-0.1, -0.05) is 0 Å². The quantitative estimate of drug-likeness (QED) is 0.843. The molecule has 0 radical (unpaired) electrons. The van der Waals surface area contributed by atoms with Crippen molar-refractivity contribution in [1.29, 1.82) is 0 Å². The SMILES string of the molecule is CC(C1CC1)N(C)c1cnccc1C(=O)O. The highest BCUT2D eigenvalue weighted by Gasteiger charge is 2.31. The minimum Gasteiger partial charge on any atom is -0.478 e. The molecular weight excluding hydrogens is 204 g/mol. The highest BCUT2D eigenvalue weighted by molar-refractivity contribution is 5.94. The van der Waals surface area contributed by atoms with Crippen molar-refractivity contribution < 1.29 is 9.90 Å². The Labute approximate surface area is 94.9 Å². The predicted octanol–water partition coefficient (Wildman–Crippen LogP) is 2.01. The number of carbonyl (C=O) groups is 1. The van der Waals surface area contributed by atoms with Gasteiger partial charge in [0.2, 0.25) is 0 Å². The molecule has 1 aromatic heterocycles. The van der Waals surface area contributed by atoms with E-state index in [-0.39, 0.29) is 0 Å². The summed E-state index contributed by atoms with van der Waals surface area (Å²) in [6.45, 7) is 2.14. The number of aromatic carboxylic acids is 1. The maximum Gasteiger partial charge on any atom is 0.337 e. The molecule has 2 rings (SSSR count). The molecule has 0 spiro atoms. The molecule has 4 nitrogen and oxygen atoms in total. The molecule has 1 atom stereocenters. The standard InChI is InChI=1S/C12H16N2O2/c1-8(9-3-4-9)14(2)11-7-13-6-5-10(11)12(15)16/h5-9H,3-4H2,1-2H3,(H,15,16). The molecule has 0 aromatic carbocycles. The molecular formula is C12H16N2O2. The monoisotopic (exact) mass is 220 g/mol. The second kappa shape index (κ2) is 4.12. The molecule has 0 bridgehead atoms. The molecule has 4 heteroatoms. The molecule has 1 saturated carbocycles. The normalized spacial score (nSPS) is 16.9. The van der Waals surface area contributed by atoms with E-state index in [1.54, 1.807) is 12.3 Å². The topological polar surface area (TPSA) is 53.4 Å². The van der Waals surface area contributed by atoms with Gasteiger partial charge in [0.1, 0.15) is 0 Å². The Morgan fingerprint density at radius 3 is 2.88 bits per heavy atom. The molecule has 86 valence electrons. The third-order valence-electron chi connectivity index (χ3n) is 3.33. The molecule has 0 amide bonds. The molecule has 1 N–H and O–H groups in total. The largest absolute Gasteiger partial charge is 0.478 e. The molecule has 1 aromatic rings. The fraction of sp³-hybridized carbons (Fsp3) is 0.500. The average Bonchev–Trinajstić information content (AvgIpc) is 3.11. The average molecular weight is 220 g/mol. The molecule has 1 aliphatic rings. The summed E-state index contributed by atoms with van der Waals surface area (Å²) in [5.41, 5.74) is 1.03. The molecule has 0 aliphatic heterocycles. The van der Waals surface area contributed by atoms with Crippen LogP contribution in [0.3, 0.4) is 0 Å². The van der Waals surface area contributed by atoms with Crippen LogP contribution in [0.15, 0.2) is 18.5 Å². The van der Waals surface area contributed by atoms with Crippen molar-refractivity contribution in [2.45, 2.75) is 25.8 Å². The smallest absolute Gasteiger partial charge is 0.337 e. The van der Waals surface area contributed by atoms with Gasteiger partial charge in [-0.05, 0) is 31.7 Å². The predicted molar refractivity (Wildman–Crippen MR) is 61.8 cm³/mol. The summed E-state index contributed by atoms with van der Waals surface area (Å²) in [6, 6.07) is 1.93. The second-order valence-electron chi connectivity index (χ2n) is 4.39. The number of pyridine rings is 1. The molecule has 1 unspecified atom stereocenters. The zero-order chi connectivity index (χ0) is 11.7. The Morgan fingerprint density at radius 1 is 1.62 bits per heavy atom. The van der Waals surface area contributed by atoms with E-state index in [9.17, 15) is 4.79 Å². The third-order valence-corrected chi connectivity index (χ3v) is 3.33. The van der Waals surface area contributed by atoms with Crippen LogP contribution < -0.4 is 4.90 Å². The summed E-state index contributed by atoms with van der Waals surface area (Å²) in [7, 11) is 1.94. The minimum absolute atomic E-state index is 0.324. The maximum absolute atomic E-state index is 11.1. The highest BCUT2D eigenvalue weighted by atomic mass is 16.4. The zero-order valence-corrected chi connectivity index (χ0v) is 9.55. The van der Waals surface area contributed by atoms with Crippen LogP contribution >= 0.6 is 0 Å². The van der Waals surface area contributed by atoms with Crippen LogP contribution in [0.4, 0.5) is 5.69 Å². The Hall–Kier alpha value is -1.58. The third kappa shape index (κ3) is 2.01. The molecule has 1 fully saturated rings. The first kappa shape index (κ1) is 10.9. The number of rotatable bonds is 4. The van der Waals surface area contributed by atoms with E-state index in [4.69, 9.17) is 5.11 Å². The van der Waals surface area contributed by atoms with E-state index in [1.165, 1.54) is 19.0 Å². The number of hydrogen-bond acceptors (Lipinski definition) is 3. The van der Waals surface area contributed by atoms with Gasteiger partial charge in [0.05, 0.1) is 17.4 Å². The Balaban J connectivity index is 2.27. The summed E-state index contributed by atoms with van der Waals surface area (Å²) in [6.07, 6.45) is 5.63. The number of anilines is 1. The molecule has 1 aliphatic carbocycles. The van der Waals surface area contributed by atoms with E-state index >= 15 is 0 Å². The Morgan fingerprint density at radius 2 is 2.31 bits per heavy atom. The fourth-order valence-corrected chi connectivity index (χ4v) is 1.96. The van der Waals surface area contributed by atoms with Gasteiger partial charge in [-0.3, -0.25) is 4.98 Å². The lowest BCUT2D eigenvalue weighted by Crippen LogP contribution is -2.31. The number of hydrogen-bond donors (Lipinski definition) is 1. The minimum atomic E-state index is -0.896. The molecule has 16 heavy (non-hydrogen) atoms. The maximum atomic E-state index is 11.1. The van der Waals surface area contributed by atoms with Crippen molar-refractivity contribution in [3.63, 3.8) is 0 Å². The lowest BCUT2D eigenvalue weighted by Gasteiger charge is -2.27. The Kier molecular flexibility index (Phi) is 2.81. The van der Waals surface area contributed by atoms with Crippen molar-refractivity contribution in [3.8, 4) is 0 Å². The van der Waals surface area contributed by atoms with Crippen LogP contribution in [0, 0.1) is 5.92 Å². The number of carboxylic acids is 1. The highest BCUT2D eigenvalue weighted by Crippen LogP contribution is 2.36. The van der Waals surface area contributed by atoms with Crippen molar-refractivity contribution in [1.82, 2.24) is 4.98 Å². The van der Waals surface area contributed by atoms with Gasteiger partial charge in [0, 0.05) is 19.3 Å². The van der Waals surface area contributed by atoms with E-state index in [0.29, 0.717) is 23.2 Å². The number of carboxylic acid groups (broad SMARTS) is 1. The first-order valence-electron chi connectivity index (χ1n) is 5.51. The van der Waals surface area contributed by atoms with Gasteiger partial charge in [-0.25, -0.2) is 4.79 Å². The van der Waals surface area contributed by atoms with E-state index in [2.05, 4.69) is 11.9 Å². The van der Waals surface area contributed by atoms with Crippen molar-refractivity contribution >= 4 is 11.7 Å². The summed E-state index contributed by atoms with van der Waals surface area (Å²) in [4.78, 5) is 17.1. The zero-order valence-electron chi connectivity index (χ0n) is 9.55. The van der Waals surface area contributed by atoms with E-state index in [0.717, 1.165) is 0 Å². The fourth-order valence-electron chi connectivity index (χ4n) is 1.96. The van der Waals surface area contributed by atoms with Crippen LogP contribution in [0.1, 0.15) is 30.1 Å². The van der Waals surface area contributed by atoms with Crippen LogP contribution in [0.5, 0.6) is 0 Å². The van der Waals surface area contributed by atoms with Gasteiger partial charge >= 0.3 is 5.97 Å². The summed E-state index contributed by atoms with van der Waals surface area (Å²) in [5.74, 6) is -0.195. The summed E-state index contributed by atoms with van der Waals surface area (Å²) >= 11 is 0. The van der Waals surface area contributed by atoms with Gasteiger partial charge < -0.3 is 10.0 Å². The van der Waals surface area contributed by atoms with Crippen molar-refractivity contribution in [2.75, 3.05) is 11.9 Å². The van der Waals surface area contributed by atoms with E-state index < -0.39 is 5.97 Å². The summed E-state index contributed by atoms with van der Waals surface area (Å²) < 4.78 is 0. The molecule has 0 saturated heterocycles. The van der Waals surface area contributed by atoms with E-state index in [1.807, 2.05) is 11.9 Å². The van der Waals surface area contributed by atoms with Crippen molar-refractivity contribution in [3.05, 3.63) is 24.0 Å². The van der Waals surface area contributed by atoms with Crippen LogP contribution in [0.25, 0.3) is 0 Å². The first-order valence-corrected chi connectivity index (χ1v) is 5.51. The van der Waals surface area contributed by atoms with Gasteiger partial charge in [0.15, 0.2) is 0 Å². The van der Waals surface area contributed by atoms with Crippen LogP contribution in [-0.2, 0) is 0 Å². The van der Waals surface area contributed by atoms with Gasteiger partial charge in [-0.2, -0.15) is 0 Å². The van der Waals surface area contributed by atoms with Gasteiger partial charge in [0.25, 0.3) is 0 Å². The lowest BCUT2D eigenvalue weighted by molar-refractivity contribution is 0.0697. The van der Waals surface area contributed by atoms with Gasteiger partial charge in [-0.15, -0.1) is 0 Å². The van der Waals surface area contributed by atoms with Crippen LogP contribution in [-0.4, -0.2) is 29.1 Å². The van der Waals surface area contributed by atoms with Crippen molar-refractivity contribution in [2.24, 2.45) is 5.92 Å². The second-order valence-corrected chi connectivity index (χ2v) is 4.39.